The second-order valence-corrected chi connectivity index (χ2v) is 3.62. The molecule has 86 valence electrons. The van der Waals surface area contributed by atoms with Gasteiger partial charge in [-0.05, 0) is 11.6 Å². The molecule has 2 rings (SSSR count). The summed E-state index contributed by atoms with van der Waals surface area (Å²) in [5.74, 6) is 0.589. The Morgan fingerprint density at radius 1 is 1.18 bits per heavy atom. The van der Waals surface area contributed by atoms with Gasteiger partial charge in [-0.3, -0.25) is 9.78 Å². The number of hydrogen-bond donors (Lipinski definition) is 0. The molecule has 0 fully saturated rings. The first kappa shape index (κ1) is 11.3. The Kier molecular flexibility index (Phi) is 3.86. The van der Waals surface area contributed by atoms with Gasteiger partial charge in [0.05, 0.1) is 12.2 Å². The SMILES string of the molecule is O=Cc1cnccc1OCCc1ccccc1. The highest BCUT2D eigenvalue weighted by molar-refractivity contribution is 5.78. The van der Waals surface area contributed by atoms with E-state index in [0.717, 1.165) is 12.7 Å². The molecule has 0 amide bonds. The first-order valence-electron chi connectivity index (χ1n) is 5.46. The van der Waals surface area contributed by atoms with Gasteiger partial charge in [0, 0.05) is 18.8 Å². The van der Waals surface area contributed by atoms with Crippen molar-refractivity contribution < 1.29 is 9.53 Å². The number of nitrogens with zero attached hydrogens (tertiary/aromatic N) is 1. The molecule has 3 heteroatoms. The number of carbonyl (C=O) groups is 1. The van der Waals surface area contributed by atoms with Gasteiger partial charge >= 0.3 is 0 Å². The third-order valence-corrected chi connectivity index (χ3v) is 2.43. The minimum atomic E-state index is 0.487. The summed E-state index contributed by atoms with van der Waals surface area (Å²) in [6, 6.07) is 11.8. The van der Waals surface area contributed by atoms with Crippen LogP contribution in [0.5, 0.6) is 5.75 Å². The van der Waals surface area contributed by atoms with Crippen LogP contribution >= 0.6 is 0 Å². The Hall–Kier alpha value is -2.16. The monoisotopic (exact) mass is 227 g/mol. The molecule has 0 aliphatic heterocycles. The normalized spacial score (nSPS) is 9.88. The van der Waals surface area contributed by atoms with Crippen LogP contribution in [0.1, 0.15) is 15.9 Å². The number of rotatable bonds is 5. The second-order valence-electron chi connectivity index (χ2n) is 3.62. The van der Waals surface area contributed by atoms with E-state index in [-0.39, 0.29) is 0 Å². The van der Waals surface area contributed by atoms with Crippen molar-refractivity contribution in [2.45, 2.75) is 6.42 Å². The molecule has 1 aromatic heterocycles. The number of carbonyl (C=O) groups excluding carboxylic acids is 1. The van der Waals surface area contributed by atoms with Gasteiger partial charge in [0.1, 0.15) is 5.75 Å². The Morgan fingerprint density at radius 2 is 2.00 bits per heavy atom. The number of pyridine rings is 1. The third kappa shape index (κ3) is 3.14. The van der Waals surface area contributed by atoms with Crippen LogP contribution in [-0.4, -0.2) is 17.9 Å². The molecule has 0 radical (unpaired) electrons. The zero-order valence-electron chi connectivity index (χ0n) is 9.37. The molecule has 2 aromatic rings. The Morgan fingerprint density at radius 3 is 2.76 bits per heavy atom. The number of aldehydes is 1. The fraction of sp³-hybridized carbons (Fsp3) is 0.143. The van der Waals surface area contributed by atoms with Crippen LogP contribution in [0.3, 0.4) is 0 Å². The maximum Gasteiger partial charge on any atom is 0.155 e. The highest BCUT2D eigenvalue weighted by Gasteiger charge is 2.01. The molecular formula is C14H13NO2. The maximum atomic E-state index is 10.7. The molecule has 0 N–H and O–H groups in total. The van der Waals surface area contributed by atoms with E-state index in [1.165, 1.54) is 11.8 Å². The molecule has 3 nitrogen and oxygen atoms in total. The summed E-state index contributed by atoms with van der Waals surface area (Å²) < 4.78 is 5.56. The van der Waals surface area contributed by atoms with E-state index in [4.69, 9.17) is 4.74 Å². The quantitative estimate of drug-likeness (QED) is 0.737. The Balaban J connectivity index is 1.92. The summed E-state index contributed by atoms with van der Waals surface area (Å²) in [4.78, 5) is 14.6. The van der Waals surface area contributed by atoms with Crippen molar-refractivity contribution in [1.82, 2.24) is 4.98 Å². The van der Waals surface area contributed by atoms with Crippen molar-refractivity contribution >= 4 is 6.29 Å². The van der Waals surface area contributed by atoms with Crippen LogP contribution in [-0.2, 0) is 6.42 Å². The van der Waals surface area contributed by atoms with Crippen molar-refractivity contribution in [3.63, 3.8) is 0 Å². The van der Waals surface area contributed by atoms with E-state index < -0.39 is 0 Å². The minimum absolute atomic E-state index is 0.487. The highest BCUT2D eigenvalue weighted by atomic mass is 16.5. The van der Waals surface area contributed by atoms with Gasteiger partial charge in [0.25, 0.3) is 0 Å². The lowest BCUT2D eigenvalue weighted by atomic mass is 10.2. The smallest absolute Gasteiger partial charge is 0.155 e. The molecule has 0 saturated heterocycles. The first-order chi connectivity index (χ1) is 8.40. The van der Waals surface area contributed by atoms with Gasteiger partial charge in [-0.15, -0.1) is 0 Å². The van der Waals surface area contributed by atoms with Gasteiger partial charge in [0.15, 0.2) is 6.29 Å². The van der Waals surface area contributed by atoms with E-state index >= 15 is 0 Å². The van der Waals surface area contributed by atoms with Crippen LogP contribution in [0.15, 0.2) is 48.8 Å². The molecule has 0 aliphatic carbocycles. The molecule has 17 heavy (non-hydrogen) atoms. The van der Waals surface area contributed by atoms with Crippen molar-refractivity contribution in [3.05, 3.63) is 59.9 Å². The van der Waals surface area contributed by atoms with Crippen molar-refractivity contribution in [2.75, 3.05) is 6.61 Å². The number of benzene rings is 1. The molecule has 0 atom stereocenters. The predicted molar refractivity (Wildman–Crippen MR) is 65.3 cm³/mol. The van der Waals surface area contributed by atoms with E-state index in [1.807, 2.05) is 18.2 Å². The van der Waals surface area contributed by atoms with Crippen molar-refractivity contribution in [1.29, 1.82) is 0 Å². The minimum Gasteiger partial charge on any atom is -0.492 e. The van der Waals surface area contributed by atoms with Crippen LogP contribution in [0.2, 0.25) is 0 Å². The zero-order chi connectivity index (χ0) is 11.9. The summed E-state index contributed by atoms with van der Waals surface area (Å²) in [6.07, 6.45) is 4.70. The topological polar surface area (TPSA) is 39.2 Å². The van der Waals surface area contributed by atoms with Gasteiger partial charge in [-0.25, -0.2) is 0 Å². The highest BCUT2D eigenvalue weighted by Crippen LogP contribution is 2.14. The second kappa shape index (κ2) is 5.80. The number of ether oxygens (including phenoxy) is 1. The summed E-state index contributed by atoms with van der Waals surface area (Å²) in [5.41, 5.74) is 1.70. The molecule has 0 saturated carbocycles. The zero-order valence-corrected chi connectivity index (χ0v) is 9.37. The van der Waals surface area contributed by atoms with Gasteiger partial charge in [-0.1, -0.05) is 30.3 Å². The maximum absolute atomic E-state index is 10.7. The molecule has 0 bridgehead atoms. The van der Waals surface area contributed by atoms with Crippen molar-refractivity contribution in [3.8, 4) is 5.75 Å². The van der Waals surface area contributed by atoms with Crippen LogP contribution < -0.4 is 4.74 Å². The number of aromatic nitrogens is 1. The van der Waals surface area contributed by atoms with Crippen molar-refractivity contribution in [2.24, 2.45) is 0 Å². The van der Waals surface area contributed by atoms with Crippen LogP contribution in [0.25, 0.3) is 0 Å². The van der Waals surface area contributed by atoms with Gasteiger partial charge in [0.2, 0.25) is 0 Å². The summed E-state index contributed by atoms with van der Waals surface area (Å²) in [5, 5.41) is 0. The molecule has 0 aliphatic rings. The van der Waals surface area contributed by atoms with E-state index in [2.05, 4.69) is 17.1 Å². The van der Waals surface area contributed by atoms with Crippen LogP contribution in [0.4, 0.5) is 0 Å². The average Bonchev–Trinajstić information content (AvgIpc) is 2.40. The third-order valence-electron chi connectivity index (χ3n) is 2.43. The lowest BCUT2D eigenvalue weighted by Crippen LogP contribution is -2.03. The lowest BCUT2D eigenvalue weighted by Gasteiger charge is -2.07. The van der Waals surface area contributed by atoms with E-state index in [1.54, 1.807) is 12.3 Å². The van der Waals surface area contributed by atoms with Gasteiger partial charge < -0.3 is 4.74 Å². The van der Waals surface area contributed by atoms with E-state index in [0.29, 0.717) is 17.9 Å². The number of hydrogen-bond acceptors (Lipinski definition) is 3. The Bertz CT molecular complexity index is 483. The predicted octanol–water partition coefficient (Wildman–Crippen LogP) is 2.52. The summed E-state index contributed by atoms with van der Waals surface area (Å²) in [6.45, 7) is 0.550. The molecule has 0 spiro atoms. The first-order valence-corrected chi connectivity index (χ1v) is 5.46. The standard InChI is InChI=1S/C14H13NO2/c16-11-13-10-15-8-6-14(13)17-9-7-12-4-2-1-3-5-12/h1-6,8,10-11H,7,9H2. The molecule has 1 heterocycles. The van der Waals surface area contributed by atoms with E-state index in [9.17, 15) is 4.79 Å². The van der Waals surface area contributed by atoms with Crippen LogP contribution in [0, 0.1) is 0 Å². The lowest BCUT2D eigenvalue weighted by molar-refractivity contribution is 0.111. The summed E-state index contributed by atoms with van der Waals surface area (Å²) in [7, 11) is 0. The molecule has 0 unspecified atom stereocenters. The fourth-order valence-corrected chi connectivity index (χ4v) is 1.54. The fourth-order valence-electron chi connectivity index (χ4n) is 1.54. The summed E-state index contributed by atoms with van der Waals surface area (Å²) >= 11 is 0. The Labute approximate surface area is 100 Å². The average molecular weight is 227 g/mol. The van der Waals surface area contributed by atoms with Gasteiger partial charge in [-0.2, -0.15) is 0 Å². The molecular weight excluding hydrogens is 214 g/mol. The largest absolute Gasteiger partial charge is 0.492 e. The molecule has 1 aromatic carbocycles.